The zero-order chi connectivity index (χ0) is 28.7. The van der Waals surface area contributed by atoms with Crippen LogP contribution in [-0.4, -0.2) is 54.5 Å². The molecule has 0 saturated heterocycles. The number of carboxylic acid groups (broad SMARTS) is 1. The Bertz CT molecular complexity index is 848. The molecule has 218 valence electrons. The minimum atomic E-state index is -4.24. The van der Waals surface area contributed by atoms with E-state index in [1.807, 2.05) is 0 Å². The molecule has 2 saturated carbocycles. The summed E-state index contributed by atoms with van der Waals surface area (Å²) in [6, 6.07) is 0. The molecular formula is C27H41F3O8. The average Bonchev–Trinajstić information content (AvgIpc) is 2.85. The van der Waals surface area contributed by atoms with Crippen LogP contribution in [0.2, 0.25) is 0 Å². The molecule has 3 unspecified atom stereocenters. The van der Waals surface area contributed by atoms with E-state index >= 15 is 0 Å². The molecular weight excluding hydrogens is 509 g/mol. The van der Waals surface area contributed by atoms with Crippen molar-refractivity contribution in [1.29, 1.82) is 0 Å². The van der Waals surface area contributed by atoms with Crippen molar-refractivity contribution in [3.63, 3.8) is 0 Å². The molecule has 0 aromatic rings. The molecule has 2 fully saturated rings. The van der Waals surface area contributed by atoms with Crippen LogP contribution in [0.1, 0.15) is 91.9 Å². The first kappa shape index (κ1) is 31.9. The van der Waals surface area contributed by atoms with Crippen molar-refractivity contribution in [3.8, 4) is 0 Å². The number of rotatable bonds is 11. The lowest BCUT2D eigenvalue weighted by Crippen LogP contribution is -2.41. The van der Waals surface area contributed by atoms with Gasteiger partial charge in [0.15, 0.2) is 0 Å². The van der Waals surface area contributed by atoms with Gasteiger partial charge in [-0.2, -0.15) is 13.2 Å². The fraction of sp³-hybridized carbons (Fsp3) is 0.852. The van der Waals surface area contributed by atoms with Crippen LogP contribution in [0.15, 0.2) is 0 Å². The lowest BCUT2D eigenvalue weighted by molar-refractivity contribution is -0.191. The van der Waals surface area contributed by atoms with E-state index in [-0.39, 0.29) is 45.3 Å². The van der Waals surface area contributed by atoms with E-state index in [4.69, 9.17) is 14.2 Å². The molecule has 2 rings (SSSR count). The third-order valence-corrected chi connectivity index (χ3v) is 8.02. The SMILES string of the molecule is CCC(C)(CC(C)(C)C(=O)OCCOC(=O)C1CCCCC1C(=O)O)C(=O)OC1CCC(C(F)(F)F)CC1. The van der Waals surface area contributed by atoms with Crippen molar-refractivity contribution < 1.29 is 51.7 Å². The Morgan fingerprint density at radius 1 is 0.816 bits per heavy atom. The zero-order valence-electron chi connectivity index (χ0n) is 22.7. The second kappa shape index (κ2) is 13.2. The van der Waals surface area contributed by atoms with Crippen molar-refractivity contribution >= 4 is 23.9 Å². The van der Waals surface area contributed by atoms with Gasteiger partial charge in [0.05, 0.1) is 28.6 Å². The molecule has 0 aliphatic heterocycles. The van der Waals surface area contributed by atoms with Crippen LogP contribution in [0.3, 0.4) is 0 Å². The molecule has 1 N–H and O–H groups in total. The minimum absolute atomic E-state index is 0.0790. The van der Waals surface area contributed by atoms with E-state index in [1.165, 1.54) is 0 Å². The van der Waals surface area contributed by atoms with Crippen molar-refractivity contribution in [3.05, 3.63) is 0 Å². The second-order valence-electron chi connectivity index (χ2n) is 11.5. The molecule has 3 atom stereocenters. The highest BCUT2D eigenvalue weighted by Gasteiger charge is 2.46. The van der Waals surface area contributed by atoms with Gasteiger partial charge in [-0.05, 0) is 72.1 Å². The Kier molecular flexibility index (Phi) is 11.0. The van der Waals surface area contributed by atoms with Gasteiger partial charge in [0, 0.05) is 0 Å². The molecule has 0 bridgehead atoms. The Balaban J connectivity index is 1.83. The number of halogens is 3. The fourth-order valence-corrected chi connectivity index (χ4v) is 5.48. The van der Waals surface area contributed by atoms with Gasteiger partial charge in [-0.25, -0.2) is 0 Å². The number of carboxylic acids is 1. The van der Waals surface area contributed by atoms with Crippen molar-refractivity contribution in [2.45, 2.75) is 104 Å². The zero-order valence-corrected chi connectivity index (χ0v) is 22.7. The van der Waals surface area contributed by atoms with Gasteiger partial charge in [0.25, 0.3) is 0 Å². The Labute approximate surface area is 221 Å². The summed E-state index contributed by atoms with van der Waals surface area (Å²) in [6.45, 7) is 6.26. The summed E-state index contributed by atoms with van der Waals surface area (Å²) in [5.41, 5.74) is -2.15. The molecule has 11 heteroatoms. The number of ether oxygens (including phenoxy) is 3. The van der Waals surface area contributed by atoms with Gasteiger partial charge in [-0.1, -0.05) is 19.8 Å². The maximum Gasteiger partial charge on any atom is 0.391 e. The van der Waals surface area contributed by atoms with Crippen molar-refractivity contribution in [1.82, 2.24) is 0 Å². The number of aliphatic carboxylic acids is 1. The topological polar surface area (TPSA) is 116 Å². The van der Waals surface area contributed by atoms with Gasteiger partial charge >= 0.3 is 30.1 Å². The average molecular weight is 551 g/mol. The number of carbonyl (C=O) groups excluding carboxylic acids is 3. The normalized spacial score (nSPS) is 26.1. The first-order valence-electron chi connectivity index (χ1n) is 13.4. The first-order chi connectivity index (χ1) is 17.6. The number of carbonyl (C=O) groups is 4. The van der Waals surface area contributed by atoms with Gasteiger partial charge in [0.1, 0.15) is 19.3 Å². The predicted octanol–water partition coefficient (Wildman–Crippen LogP) is 5.46. The van der Waals surface area contributed by atoms with Crippen LogP contribution in [-0.2, 0) is 33.4 Å². The molecule has 0 amide bonds. The maximum absolute atomic E-state index is 13.0. The summed E-state index contributed by atoms with van der Waals surface area (Å²) < 4.78 is 54.8. The molecule has 2 aliphatic carbocycles. The number of hydrogen-bond donors (Lipinski definition) is 1. The Morgan fingerprint density at radius 3 is 1.89 bits per heavy atom. The van der Waals surface area contributed by atoms with Crippen LogP contribution in [0.4, 0.5) is 13.2 Å². The van der Waals surface area contributed by atoms with Crippen LogP contribution in [0, 0.1) is 28.6 Å². The molecule has 0 radical (unpaired) electrons. The van der Waals surface area contributed by atoms with Crippen LogP contribution >= 0.6 is 0 Å². The van der Waals surface area contributed by atoms with E-state index in [9.17, 15) is 37.5 Å². The standard InChI is InChI=1S/C27H41F3O8/c1-5-26(4,24(35)38-18-12-10-17(11-13-18)27(28,29)30)16-25(2,3)23(34)37-15-14-36-22(33)20-9-7-6-8-19(20)21(31)32/h17-20H,5-16H2,1-4H3,(H,31,32). The lowest BCUT2D eigenvalue weighted by atomic mass is 9.72. The molecule has 0 heterocycles. The fourth-order valence-electron chi connectivity index (χ4n) is 5.48. The number of esters is 3. The van der Waals surface area contributed by atoms with Crippen LogP contribution < -0.4 is 0 Å². The second-order valence-corrected chi connectivity index (χ2v) is 11.5. The molecule has 0 spiro atoms. The summed E-state index contributed by atoms with van der Waals surface area (Å²) >= 11 is 0. The van der Waals surface area contributed by atoms with E-state index in [2.05, 4.69) is 0 Å². The van der Waals surface area contributed by atoms with Gasteiger partial charge in [0.2, 0.25) is 0 Å². The molecule has 2 aliphatic rings. The summed E-state index contributed by atoms with van der Waals surface area (Å²) in [6.07, 6.45) is -1.89. The van der Waals surface area contributed by atoms with Gasteiger partial charge in [-0.3, -0.25) is 19.2 Å². The Morgan fingerprint density at radius 2 is 1.37 bits per heavy atom. The highest BCUT2D eigenvalue weighted by atomic mass is 19.4. The van der Waals surface area contributed by atoms with Gasteiger partial charge in [-0.15, -0.1) is 0 Å². The lowest BCUT2D eigenvalue weighted by Gasteiger charge is -2.36. The third kappa shape index (κ3) is 8.59. The Hall–Kier alpha value is -2.33. The van der Waals surface area contributed by atoms with E-state index < -0.39 is 64.7 Å². The molecule has 0 aromatic carbocycles. The van der Waals surface area contributed by atoms with E-state index in [0.717, 1.165) is 12.8 Å². The summed E-state index contributed by atoms with van der Waals surface area (Å²) in [7, 11) is 0. The highest BCUT2D eigenvalue weighted by molar-refractivity contribution is 5.82. The summed E-state index contributed by atoms with van der Waals surface area (Å²) in [5.74, 6) is -5.65. The van der Waals surface area contributed by atoms with Crippen molar-refractivity contribution in [2.75, 3.05) is 13.2 Å². The number of alkyl halides is 3. The first-order valence-corrected chi connectivity index (χ1v) is 13.4. The largest absolute Gasteiger partial charge is 0.481 e. The van der Waals surface area contributed by atoms with Crippen LogP contribution in [0.5, 0.6) is 0 Å². The van der Waals surface area contributed by atoms with Crippen molar-refractivity contribution in [2.24, 2.45) is 28.6 Å². The van der Waals surface area contributed by atoms with E-state index in [0.29, 0.717) is 19.3 Å². The smallest absolute Gasteiger partial charge is 0.391 e. The summed E-state index contributed by atoms with van der Waals surface area (Å²) in [4.78, 5) is 49.5. The molecule has 38 heavy (non-hydrogen) atoms. The molecule has 0 aromatic heterocycles. The van der Waals surface area contributed by atoms with E-state index in [1.54, 1.807) is 27.7 Å². The third-order valence-electron chi connectivity index (χ3n) is 8.02. The number of hydrogen-bond acceptors (Lipinski definition) is 7. The molecule has 8 nitrogen and oxygen atoms in total. The quantitative estimate of drug-likeness (QED) is 0.205. The predicted molar refractivity (Wildman–Crippen MR) is 130 cm³/mol. The highest BCUT2D eigenvalue weighted by Crippen LogP contribution is 2.41. The van der Waals surface area contributed by atoms with Crippen LogP contribution in [0.25, 0.3) is 0 Å². The van der Waals surface area contributed by atoms with Gasteiger partial charge < -0.3 is 19.3 Å². The summed E-state index contributed by atoms with van der Waals surface area (Å²) in [5, 5.41) is 9.32. The maximum atomic E-state index is 13.0. The minimum Gasteiger partial charge on any atom is -0.481 e. The monoisotopic (exact) mass is 550 g/mol.